The summed E-state index contributed by atoms with van der Waals surface area (Å²) in [5.74, 6) is 0. The van der Waals surface area contributed by atoms with Crippen molar-refractivity contribution >= 4 is 23.9 Å². The van der Waals surface area contributed by atoms with Crippen molar-refractivity contribution in [3.8, 4) is 0 Å². The first-order valence-corrected chi connectivity index (χ1v) is 1.75. The molecule has 0 heterocycles. The predicted octanol–water partition coefficient (Wildman–Crippen LogP) is 0.558. The van der Waals surface area contributed by atoms with E-state index in [2.05, 4.69) is 18.9 Å². The Balaban J connectivity index is 0. The molecule has 36 valence electrons. The first kappa shape index (κ1) is 9.12. The van der Waals surface area contributed by atoms with E-state index in [1.54, 1.807) is 6.92 Å². The van der Waals surface area contributed by atoms with E-state index in [-0.39, 0.29) is 0 Å². The van der Waals surface area contributed by atoms with Gasteiger partial charge in [0.15, 0.2) is 0 Å². The zero-order chi connectivity index (χ0) is 5.58. The van der Waals surface area contributed by atoms with Gasteiger partial charge in [-0.1, -0.05) is 12.2 Å². The van der Waals surface area contributed by atoms with Gasteiger partial charge in [0.1, 0.15) is 0 Å². The number of rotatable bonds is 0. The van der Waals surface area contributed by atoms with Crippen LogP contribution in [0.5, 0.6) is 0 Å². The van der Waals surface area contributed by atoms with Gasteiger partial charge in [0.2, 0.25) is 0 Å². The molecule has 0 aromatic carbocycles. The Hall–Kier alpha value is -0.440. The second kappa shape index (κ2) is 8.82. The lowest BCUT2D eigenvalue weighted by Gasteiger charge is -1.65. The monoisotopic (exact) mass is 104 g/mol. The lowest BCUT2D eigenvalue weighted by molar-refractivity contribution is 1.61. The summed E-state index contributed by atoms with van der Waals surface area (Å²) < 4.78 is 0. The Morgan fingerprint density at radius 1 is 1.83 bits per heavy atom. The lowest BCUT2D eigenvalue weighted by Crippen LogP contribution is -1.98. The molecule has 0 spiro atoms. The van der Waals surface area contributed by atoms with Crippen LogP contribution in [-0.2, 0) is 0 Å². The molecule has 3 heteroatoms. The van der Waals surface area contributed by atoms with E-state index in [1.165, 1.54) is 0 Å². The molecule has 0 saturated carbocycles. The van der Waals surface area contributed by atoms with Crippen molar-refractivity contribution < 1.29 is 0 Å². The zero-order valence-corrected chi connectivity index (χ0v) is 4.51. The average molecular weight is 104 g/mol. The van der Waals surface area contributed by atoms with Crippen LogP contribution in [0.2, 0.25) is 0 Å². The fraction of sp³-hybridized carbons (Fsp3) is 0.333. The number of hydrogen-bond donors (Lipinski definition) is 2. The van der Waals surface area contributed by atoms with Crippen molar-refractivity contribution in [3.05, 3.63) is 0 Å². The molecule has 0 atom stereocenters. The predicted molar refractivity (Wildman–Crippen MR) is 32.3 cm³/mol. The minimum atomic E-state index is 0.500. The molecule has 0 aromatic rings. The van der Waals surface area contributed by atoms with Gasteiger partial charge in [0.05, 0.1) is 4.99 Å². The van der Waals surface area contributed by atoms with Gasteiger partial charge in [-0.15, -0.1) is 0 Å². The van der Waals surface area contributed by atoms with Gasteiger partial charge in [-0.3, -0.25) is 0 Å². The topological polar surface area (TPSA) is 49.9 Å². The first-order valence-electron chi connectivity index (χ1n) is 1.35. The molecule has 0 aliphatic carbocycles. The maximum atomic E-state index is 5.50. The summed E-state index contributed by atoms with van der Waals surface area (Å²) >= 11 is 4.31. The molecule has 0 aliphatic rings. The largest absolute Gasteiger partial charge is 0.394 e. The van der Waals surface area contributed by atoms with Crippen LogP contribution in [0.25, 0.3) is 0 Å². The Morgan fingerprint density at radius 2 is 1.83 bits per heavy atom. The van der Waals surface area contributed by atoms with Crippen molar-refractivity contribution in [2.75, 3.05) is 0 Å². The molecular formula is C3H8N2S. The Morgan fingerprint density at radius 3 is 1.83 bits per heavy atom. The van der Waals surface area contributed by atoms with Crippen LogP contribution in [0.1, 0.15) is 6.92 Å². The third-order valence-electron chi connectivity index (χ3n) is 0. The van der Waals surface area contributed by atoms with Crippen LogP contribution in [0.15, 0.2) is 0 Å². The van der Waals surface area contributed by atoms with Crippen LogP contribution >= 0.6 is 12.2 Å². The molecule has 2 nitrogen and oxygen atoms in total. The van der Waals surface area contributed by atoms with Gasteiger partial charge < -0.3 is 11.1 Å². The molecule has 0 rings (SSSR count). The SMILES string of the molecule is C=N.CC(N)=S. The normalized spacial score (nSPS) is 4.83. The highest BCUT2D eigenvalue weighted by atomic mass is 32.1. The number of hydrogen-bond acceptors (Lipinski definition) is 2. The van der Waals surface area contributed by atoms with Gasteiger partial charge >= 0.3 is 0 Å². The van der Waals surface area contributed by atoms with Crippen LogP contribution in [-0.4, -0.2) is 11.7 Å². The third kappa shape index (κ3) is 121. The van der Waals surface area contributed by atoms with Crippen molar-refractivity contribution in [3.63, 3.8) is 0 Å². The van der Waals surface area contributed by atoms with Crippen molar-refractivity contribution in [1.29, 1.82) is 5.41 Å². The smallest absolute Gasteiger partial charge is 0.0695 e. The molecule has 0 bridgehead atoms. The van der Waals surface area contributed by atoms with Gasteiger partial charge in [0, 0.05) is 0 Å². The fourth-order valence-corrected chi connectivity index (χ4v) is 0. The Bertz CT molecular complexity index is 40.1. The molecule has 0 aliphatic heterocycles. The second-order valence-electron chi connectivity index (χ2n) is 0.611. The number of thiocarbonyl (C=S) groups is 1. The quantitative estimate of drug-likeness (QED) is 0.348. The molecule has 0 aromatic heterocycles. The van der Waals surface area contributed by atoms with Crippen LogP contribution in [0, 0.1) is 5.41 Å². The Labute approximate surface area is 42.9 Å². The molecule has 0 fully saturated rings. The van der Waals surface area contributed by atoms with Crippen LogP contribution < -0.4 is 5.73 Å². The van der Waals surface area contributed by atoms with Crippen molar-refractivity contribution in [2.24, 2.45) is 5.73 Å². The zero-order valence-electron chi connectivity index (χ0n) is 3.69. The van der Waals surface area contributed by atoms with E-state index in [9.17, 15) is 0 Å². The van der Waals surface area contributed by atoms with Crippen LogP contribution in [0.3, 0.4) is 0 Å². The maximum absolute atomic E-state index is 5.50. The summed E-state index contributed by atoms with van der Waals surface area (Å²) in [6.45, 7) is 4.18. The molecular weight excluding hydrogens is 96.1 g/mol. The van der Waals surface area contributed by atoms with Gasteiger partial charge in [-0.25, -0.2) is 0 Å². The van der Waals surface area contributed by atoms with E-state index in [0.717, 1.165) is 0 Å². The standard InChI is InChI=1S/C2H5NS.CH3N/c1-2(3)4;1-2/h1H3,(H2,3,4);2H,1H2. The highest BCUT2D eigenvalue weighted by molar-refractivity contribution is 7.80. The molecule has 0 radical (unpaired) electrons. The van der Waals surface area contributed by atoms with E-state index in [1.807, 2.05) is 0 Å². The summed E-state index contributed by atoms with van der Waals surface area (Å²) in [4.78, 5) is 0.500. The van der Waals surface area contributed by atoms with Crippen molar-refractivity contribution in [1.82, 2.24) is 0 Å². The molecule has 0 amide bonds. The van der Waals surface area contributed by atoms with Crippen LogP contribution in [0.4, 0.5) is 0 Å². The maximum Gasteiger partial charge on any atom is 0.0695 e. The van der Waals surface area contributed by atoms with E-state index in [4.69, 9.17) is 11.1 Å². The number of nitrogens with two attached hydrogens (primary N) is 1. The molecule has 6 heavy (non-hydrogen) atoms. The summed E-state index contributed by atoms with van der Waals surface area (Å²) in [5.41, 5.74) is 4.84. The first-order chi connectivity index (χ1) is 2.73. The molecule has 0 unspecified atom stereocenters. The second-order valence-corrected chi connectivity index (χ2v) is 1.25. The minimum Gasteiger partial charge on any atom is -0.394 e. The van der Waals surface area contributed by atoms with Gasteiger partial charge in [-0.2, -0.15) is 0 Å². The lowest BCUT2D eigenvalue weighted by atomic mass is 10.8. The third-order valence-corrected chi connectivity index (χ3v) is 0. The van der Waals surface area contributed by atoms with E-state index >= 15 is 0 Å². The molecule has 3 N–H and O–H groups in total. The number of nitrogens with one attached hydrogen (secondary N) is 1. The average Bonchev–Trinajstić information content (AvgIpc) is 1.41. The highest BCUT2D eigenvalue weighted by Crippen LogP contribution is 1.48. The Kier molecular flexibility index (Phi) is 13.4. The summed E-state index contributed by atoms with van der Waals surface area (Å²) in [5, 5.41) is 5.50. The van der Waals surface area contributed by atoms with E-state index in [0.29, 0.717) is 4.99 Å². The minimum absolute atomic E-state index is 0.500. The van der Waals surface area contributed by atoms with Crippen molar-refractivity contribution in [2.45, 2.75) is 6.92 Å². The highest BCUT2D eigenvalue weighted by Gasteiger charge is 1.54. The summed E-state index contributed by atoms with van der Waals surface area (Å²) in [6.07, 6.45) is 0. The van der Waals surface area contributed by atoms with E-state index < -0.39 is 0 Å². The molecule has 0 saturated heterocycles. The summed E-state index contributed by atoms with van der Waals surface area (Å²) in [6, 6.07) is 0. The van der Waals surface area contributed by atoms with Gasteiger partial charge in [-0.05, 0) is 13.6 Å². The summed E-state index contributed by atoms with van der Waals surface area (Å²) in [7, 11) is 0. The van der Waals surface area contributed by atoms with Gasteiger partial charge in [0.25, 0.3) is 0 Å². The fourth-order valence-electron chi connectivity index (χ4n) is 0.